The first kappa shape index (κ1) is 16.1. The van der Waals surface area contributed by atoms with Crippen LogP contribution < -0.4 is 0 Å². The molecule has 148 valence electrons. The lowest BCUT2D eigenvalue weighted by Gasteiger charge is -2.63. The van der Waals surface area contributed by atoms with Crippen molar-refractivity contribution in [3.63, 3.8) is 0 Å². The molecule has 0 heterocycles. The highest BCUT2D eigenvalue weighted by Crippen LogP contribution is 2.99. The van der Waals surface area contributed by atoms with Gasteiger partial charge in [0.25, 0.3) is 0 Å². The number of carbonyl (C=O) groups is 4. The van der Waals surface area contributed by atoms with Crippen LogP contribution in [0.1, 0.15) is 38.5 Å². The molecule has 6 nitrogen and oxygen atoms in total. The van der Waals surface area contributed by atoms with Crippen molar-refractivity contribution >= 4 is 23.5 Å². The van der Waals surface area contributed by atoms with Crippen molar-refractivity contribution in [2.24, 2.45) is 57.2 Å². The maximum Gasteiger partial charge on any atom is 0.313 e. The molecule has 0 unspecified atom stereocenters. The van der Waals surface area contributed by atoms with E-state index < -0.39 is 21.7 Å². The topological polar surface area (TPSA) is 86.7 Å². The molecule has 0 saturated heterocycles. The molecule has 8 aliphatic carbocycles. The zero-order chi connectivity index (χ0) is 19.4. The van der Waals surface area contributed by atoms with Crippen molar-refractivity contribution < 1.29 is 28.7 Å². The van der Waals surface area contributed by atoms with Crippen LogP contribution in [0.4, 0.5) is 0 Å². The first-order chi connectivity index (χ1) is 13.4. The summed E-state index contributed by atoms with van der Waals surface area (Å²) in [5.74, 6) is 0.00431. The molecule has 8 saturated carbocycles. The zero-order valence-corrected chi connectivity index (χ0v) is 16.2. The Morgan fingerprint density at radius 1 is 0.786 bits per heavy atom. The molecule has 0 amide bonds. The maximum absolute atomic E-state index is 13.5. The van der Waals surface area contributed by atoms with Gasteiger partial charge in [-0.3, -0.25) is 19.2 Å². The van der Waals surface area contributed by atoms with Gasteiger partial charge in [-0.15, -0.1) is 0 Å². The summed E-state index contributed by atoms with van der Waals surface area (Å²) in [4.78, 5) is 52.7. The van der Waals surface area contributed by atoms with Gasteiger partial charge in [-0.05, 0) is 61.2 Å². The van der Waals surface area contributed by atoms with E-state index >= 15 is 0 Å². The largest absolute Gasteiger partial charge is 0.469 e. The predicted molar refractivity (Wildman–Crippen MR) is 92.4 cm³/mol. The highest BCUT2D eigenvalue weighted by molar-refractivity contribution is 6.02. The Hall–Kier alpha value is -1.72. The number of Topliss-reactive ketones (excluding diaryl/α,β-unsaturated/α-hetero) is 2. The van der Waals surface area contributed by atoms with Crippen molar-refractivity contribution in [1.29, 1.82) is 0 Å². The number of hydrogen-bond acceptors (Lipinski definition) is 6. The van der Waals surface area contributed by atoms with E-state index in [2.05, 4.69) is 0 Å². The van der Waals surface area contributed by atoms with E-state index in [1.807, 2.05) is 0 Å². The summed E-state index contributed by atoms with van der Waals surface area (Å²) >= 11 is 0. The molecule has 0 radical (unpaired) electrons. The van der Waals surface area contributed by atoms with Crippen LogP contribution in [0.2, 0.25) is 0 Å². The van der Waals surface area contributed by atoms with Gasteiger partial charge in [0.1, 0.15) is 11.6 Å². The molecule has 10 atom stereocenters. The average Bonchev–Trinajstić information content (AvgIpc) is 3.48. The Bertz CT molecular complexity index is 850. The van der Waals surface area contributed by atoms with Gasteiger partial charge >= 0.3 is 11.9 Å². The van der Waals surface area contributed by atoms with Crippen LogP contribution in [0.25, 0.3) is 0 Å². The number of ketones is 2. The Morgan fingerprint density at radius 3 is 1.43 bits per heavy atom. The van der Waals surface area contributed by atoms with Crippen LogP contribution in [0.15, 0.2) is 0 Å². The second kappa shape index (κ2) is 4.10. The second-order valence-corrected chi connectivity index (χ2v) is 10.6. The minimum atomic E-state index is -0.963. The second-order valence-electron chi connectivity index (χ2n) is 10.6. The lowest BCUT2D eigenvalue weighted by molar-refractivity contribution is -0.221. The summed E-state index contributed by atoms with van der Waals surface area (Å²) < 4.78 is 10.8. The van der Waals surface area contributed by atoms with Gasteiger partial charge in [0, 0.05) is 23.7 Å². The first-order valence-corrected chi connectivity index (χ1v) is 10.6. The third-order valence-corrected chi connectivity index (χ3v) is 11.1. The molecule has 8 rings (SSSR count). The molecular formula is C22H24O6. The van der Waals surface area contributed by atoms with E-state index in [0.29, 0.717) is 25.7 Å². The minimum absolute atomic E-state index is 0.0230. The van der Waals surface area contributed by atoms with Crippen LogP contribution in [0.3, 0.4) is 0 Å². The normalized spacial score (nSPS) is 60.6. The molecule has 8 bridgehead atoms. The quantitative estimate of drug-likeness (QED) is 0.672. The monoisotopic (exact) mass is 384 g/mol. The number of methoxy groups -OCH3 is 2. The SMILES string of the molecule is COC(=O)[C@@]12[C@@H]3[C@H]4[C@@H]5[C@@H]1C[C@@]1(CCC1=O)[C@H]5[C@@]2(C(=O)OC)[C@H]4C[C@]31CCC1=O. The summed E-state index contributed by atoms with van der Waals surface area (Å²) in [5.41, 5.74) is -2.80. The van der Waals surface area contributed by atoms with Crippen LogP contribution >= 0.6 is 0 Å². The molecule has 0 aromatic rings. The lowest BCUT2D eigenvalue weighted by Crippen LogP contribution is -2.70. The standard InChI is InChI=1S/C22H24O6/c1-27-17(25)21-9-7-20(6-4-12(20)24)16-13(9)14-10(22(16,21)18(26)28-2)8-19(15(14)21)5-3-11(19)23/h9-10,13-16H,3-8H2,1-2H3/t9-,10-,13-,14+,15+,16-,19-,20+,21-,22+/m0/s1. The van der Waals surface area contributed by atoms with Crippen LogP contribution in [-0.2, 0) is 28.7 Å². The zero-order valence-electron chi connectivity index (χ0n) is 16.2. The van der Waals surface area contributed by atoms with E-state index in [-0.39, 0.29) is 59.0 Å². The van der Waals surface area contributed by atoms with Crippen molar-refractivity contribution in [1.82, 2.24) is 0 Å². The Morgan fingerprint density at radius 2 is 1.18 bits per heavy atom. The van der Waals surface area contributed by atoms with Gasteiger partial charge in [0.15, 0.2) is 0 Å². The number of rotatable bonds is 2. The molecule has 6 heteroatoms. The summed E-state index contributed by atoms with van der Waals surface area (Å²) in [6, 6.07) is 0. The number of carbonyl (C=O) groups excluding carboxylic acids is 4. The van der Waals surface area contributed by atoms with Crippen molar-refractivity contribution in [2.75, 3.05) is 14.2 Å². The number of hydrogen-bond donors (Lipinski definition) is 0. The van der Waals surface area contributed by atoms with E-state index in [0.717, 1.165) is 12.8 Å². The van der Waals surface area contributed by atoms with Gasteiger partial charge in [-0.25, -0.2) is 0 Å². The van der Waals surface area contributed by atoms with Crippen LogP contribution in [-0.4, -0.2) is 37.7 Å². The molecule has 0 aliphatic heterocycles. The predicted octanol–water partition coefficient (Wildman–Crippen LogP) is 1.55. The molecule has 0 N–H and O–H groups in total. The molecule has 0 aromatic heterocycles. The fourth-order valence-corrected chi connectivity index (χ4v) is 10.9. The lowest BCUT2D eigenvalue weighted by atomic mass is 9.37. The third-order valence-electron chi connectivity index (χ3n) is 11.1. The Balaban J connectivity index is 1.53. The maximum atomic E-state index is 13.5. The fraction of sp³-hybridized carbons (Fsp3) is 0.818. The number of esters is 2. The summed E-state index contributed by atoms with van der Waals surface area (Å²) in [6.07, 6.45) is 4.21. The Labute approximate surface area is 162 Å². The molecule has 28 heavy (non-hydrogen) atoms. The average molecular weight is 384 g/mol. The Kier molecular flexibility index (Phi) is 2.36. The molecule has 2 spiro atoms. The summed E-state index contributed by atoms with van der Waals surface area (Å²) in [7, 11) is 2.79. The van der Waals surface area contributed by atoms with E-state index in [4.69, 9.17) is 9.47 Å². The third kappa shape index (κ3) is 1.03. The summed E-state index contributed by atoms with van der Waals surface area (Å²) in [5, 5.41) is 0. The molecular weight excluding hydrogens is 360 g/mol. The molecule has 0 aromatic carbocycles. The highest BCUT2D eigenvalue weighted by Gasteiger charge is 3.02. The minimum Gasteiger partial charge on any atom is -0.469 e. The first-order valence-electron chi connectivity index (χ1n) is 10.6. The van der Waals surface area contributed by atoms with Gasteiger partial charge in [0.2, 0.25) is 0 Å². The van der Waals surface area contributed by atoms with E-state index in [1.165, 1.54) is 14.2 Å². The van der Waals surface area contributed by atoms with Crippen molar-refractivity contribution in [2.45, 2.75) is 38.5 Å². The number of ether oxygens (including phenoxy) is 2. The van der Waals surface area contributed by atoms with Crippen LogP contribution in [0.5, 0.6) is 0 Å². The highest BCUT2D eigenvalue weighted by atomic mass is 16.5. The van der Waals surface area contributed by atoms with Gasteiger partial charge in [0.05, 0.1) is 25.0 Å². The van der Waals surface area contributed by atoms with Gasteiger partial charge in [-0.1, -0.05) is 0 Å². The van der Waals surface area contributed by atoms with Gasteiger partial charge < -0.3 is 9.47 Å². The van der Waals surface area contributed by atoms with Crippen molar-refractivity contribution in [3.05, 3.63) is 0 Å². The van der Waals surface area contributed by atoms with Gasteiger partial charge in [-0.2, -0.15) is 0 Å². The van der Waals surface area contributed by atoms with Crippen molar-refractivity contribution in [3.8, 4) is 0 Å². The van der Waals surface area contributed by atoms with Crippen LogP contribution in [0, 0.1) is 57.2 Å². The summed E-state index contributed by atoms with van der Waals surface area (Å²) in [6.45, 7) is 0. The van der Waals surface area contributed by atoms with E-state index in [1.54, 1.807) is 0 Å². The molecule has 8 aliphatic rings. The molecule has 8 fully saturated rings. The smallest absolute Gasteiger partial charge is 0.313 e. The van der Waals surface area contributed by atoms with E-state index in [9.17, 15) is 19.2 Å². The fourth-order valence-electron chi connectivity index (χ4n) is 10.9.